The molecule has 3 heteroatoms. The predicted molar refractivity (Wildman–Crippen MR) is 54.0 cm³/mol. The summed E-state index contributed by atoms with van der Waals surface area (Å²) < 4.78 is 0. The van der Waals surface area contributed by atoms with Crippen LogP contribution in [0.4, 0.5) is 0 Å². The van der Waals surface area contributed by atoms with Gasteiger partial charge in [0.2, 0.25) is 0 Å². The van der Waals surface area contributed by atoms with E-state index in [-0.39, 0.29) is 5.91 Å². The van der Waals surface area contributed by atoms with Crippen LogP contribution in [0.15, 0.2) is 24.3 Å². The van der Waals surface area contributed by atoms with Gasteiger partial charge < -0.3 is 4.90 Å². The third-order valence-electron chi connectivity index (χ3n) is 1.76. The smallest absolute Gasteiger partial charge is 0.253 e. The standard InChI is InChI=1S/C10H12ClNO/c1-12(2)10(13)9-5-3-8(7-11)4-6-9/h3-6H,7H2,1-2H3. The fraction of sp³-hybridized carbons (Fsp3) is 0.300. The van der Waals surface area contributed by atoms with Crippen LogP contribution >= 0.6 is 11.6 Å². The van der Waals surface area contributed by atoms with Gasteiger partial charge in [0.15, 0.2) is 0 Å². The summed E-state index contributed by atoms with van der Waals surface area (Å²) in [6.07, 6.45) is 0. The van der Waals surface area contributed by atoms with Crippen molar-refractivity contribution in [3.8, 4) is 0 Å². The van der Waals surface area contributed by atoms with E-state index in [1.54, 1.807) is 31.1 Å². The lowest BCUT2D eigenvalue weighted by Crippen LogP contribution is -2.21. The number of carbonyl (C=O) groups is 1. The average molecular weight is 198 g/mol. The lowest BCUT2D eigenvalue weighted by Gasteiger charge is -2.09. The van der Waals surface area contributed by atoms with Gasteiger partial charge in [-0.2, -0.15) is 0 Å². The fourth-order valence-corrected chi connectivity index (χ4v) is 1.17. The number of alkyl halides is 1. The largest absolute Gasteiger partial charge is 0.345 e. The van der Waals surface area contributed by atoms with Gasteiger partial charge in [-0.1, -0.05) is 12.1 Å². The Morgan fingerprint density at radius 2 is 1.85 bits per heavy atom. The van der Waals surface area contributed by atoms with Crippen molar-refractivity contribution in [1.82, 2.24) is 4.90 Å². The van der Waals surface area contributed by atoms with Crippen LogP contribution in [-0.4, -0.2) is 24.9 Å². The molecule has 0 aliphatic heterocycles. The summed E-state index contributed by atoms with van der Waals surface area (Å²) in [5.74, 6) is 0.498. The minimum absolute atomic E-state index is 0.0149. The van der Waals surface area contributed by atoms with Crippen molar-refractivity contribution in [3.63, 3.8) is 0 Å². The van der Waals surface area contributed by atoms with Gasteiger partial charge in [-0.15, -0.1) is 11.6 Å². The molecule has 0 saturated heterocycles. The average Bonchev–Trinajstić information content (AvgIpc) is 2.17. The summed E-state index contributed by atoms with van der Waals surface area (Å²) in [5.41, 5.74) is 1.72. The third-order valence-corrected chi connectivity index (χ3v) is 2.07. The van der Waals surface area contributed by atoms with Gasteiger partial charge in [0, 0.05) is 25.5 Å². The number of rotatable bonds is 2. The Hall–Kier alpha value is -1.02. The van der Waals surface area contributed by atoms with Crippen molar-refractivity contribution in [2.45, 2.75) is 5.88 Å². The zero-order chi connectivity index (χ0) is 9.84. The molecule has 0 saturated carbocycles. The lowest BCUT2D eigenvalue weighted by atomic mass is 10.1. The first kappa shape index (κ1) is 10.1. The Balaban J connectivity index is 2.86. The van der Waals surface area contributed by atoms with E-state index in [0.717, 1.165) is 5.56 Å². The second-order valence-electron chi connectivity index (χ2n) is 3.03. The number of carbonyl (C=O) groups excluding carboxylic acids is 1. The van der Waals surface area contributed by atoms with Crippen LogP contribution in [0, 0.1) is 0 Å². The molecule has 0 aliphatic carbocycles. The minimum Gasteiger partial charge on any atom is -0.345 e. The molecule has 0 atom stereocenters. The molecule has 0 heterocycles. The first-order valence-corrected chi connectivity index (χ1v) is 4.55. The van der Waals surface area contributed by atoms with Gasteiger partial charge in [0.1, 0.15) is 0 Å². The molecule has 0 fully saturated rings. The topological polar surface area (TPSA) is 20.3 Å². The molecule has 2 nitrogen and oxygen atoms in total. The maximum atomic E-state index is 11.4. The highest BCUT2D eigenvalue weighted by Crippen LogP contribution is 2.07. The van der Waals surface area contributed by atoms with E-state index in [1.165, 1.54) is 0 Å². The molecule has 1 amide bonds. The van der Waals surface area contributed by atoms with E-state index in [9.17, 15) is 4.79 Å². The van der Waals surface area contributed by atoms with Crippen LogP contribution in [0.2, 0.25) is 0 Å². The molecule has 70 valence electrons. The number of nitrogens with zero attached hydrogens (tertiary/aromatic N) is 1. The van der Waals surface area contributed by atoms with Gasteiger partial charge in [-0.05, 0) is 17.7 Å². The van der Waals surface area contributed by atoms with E-state index in [0.29, 0.717) is 11.4 Å². The van der Waals surface area contributed by atoms with Crippen molar-refractivity contribution in [3.05, 3.63) is 35.4 Å². The van der Waals surface area contributed by atoms with E-state index in [1.807, 2.05) is 12.1 Å². The maximum absolute atomic E-state index is 11.4. The summed E-state index contributed by atoms with van der Waals surface area (Å²) in [4.78, 5) is 13.0. The first-order chi connectivity index (χ1) is 6.15. The van der Waals surface area contributed by atoms with Gasteiger partial charge in [0.25, 0.3) is 5.91 Å². The summed E-state index contributed by atoms with van der Waals surface area (Å²) >= 11 is 5.63. The Bertz CT molecular complexity index is 292. The van der Waals surface area contributed by atoms with Crippen molar-refractivity contribution in [1.29, 1.82) is 0 Å². The summed E-state index contributed by atoms with van der Waals surface area (Å²) in [6.45, 7) is 0. The number of amides is 1. The Morgan fingerprint density at radius 1 is 1.31 bits per heavy atom. The molecule has 0 N–H and O–H groups in total. The molecule has 0 aliphatic rings. The van der Waals surface area contributed by atoms with Gasteiger partial charge >= 0.3 is 0 Å². The van der Waals surface area contributed by atoms with Crippen LogP contribution in [0.1, 0.15) is 15.9 Å². The SMILES string of the molecule is CN(C)C(=O)c1ccc(CCl)cc1. The van der Waals surface area contributed by atoms with Gasteiger partial charge in [0.05, 0.1) is 0 Å². The Labute approximate surface area is 83.1 Å². The molecule has 1 rings (SSSR count). The van der Waals surface area contributed by atoms with Crippen LogP contribution in [0.5, 0.6) is 0 Å². The molecular formula is C10H12ClNO. The van der Waals surface area contributed by atoms with E-state index in [4.69, 9.17) is 11.6 Å². The van der Waals surface area contributed by atoms with Crippen LogP contribution in [0.25, 0.3) is 0 Å². The third kappa shape index (κ3) is 2.46. The maximum Gasteiger partial charge on any atom is 0.253 e. The molecule has 1 aromatic rings. The second-order valence-corrected chi connectivity index (χ2v) is 3.30. The van der Waals surface area contributed by atoms with E-state index < -0.39 is 0 Å². The summed E-state index contributed by atoms with van der Waals surface area (Å²) in [5, 5.41) is 0. The van der Waals surface area contributed by atoms with Crippen LogP contribution in [0.3, 0.4) is 0 Å². The highest BCUT2D eigenvalue weighted by atomic mass is 35.5. The molecule has 0 radical (unpaired) electrons. The normalized spacial score (nSPS) is 9.77. The molecule has 0 unspecified atom stereocenters. The number of hydrogen-bond acceptors (Lipinski definition) is 1. The van der Waals surface area contributed by atoms with Crippen LogP contribution < -0.4 is 0 Å². The highest BCUT2D eigenvalue weighted by molar-refractivity contribution is 6.17. The van der Waals surface area contributed by atoms with Crippen molar-refractivity contribution < 1.29 is 4.79 Å². The highest BCUT2D eigenvalue weighted by Gasteiger charge is 2.06. The zero-order valence-electron chi connectivity index (χ0n) is 7.75. The quantitative estimate of drug-likeness (QED) is 0.666. The summed E-state index contributed by atoms with van der Waals surface area (Å²) in [6, 6.07) is 7.31. The molecule has 1 aromatic carbocycles. The molecule has 13 heavy (non-hydrogen) atoms. The van der Waals surface area contributed by atoms with Gasteiger partial charge in [-0.3, -0.25) is 4.79 Å². The molecule has 0 bridgehead atoms. The van der Waals surface area contributed by atoms with E-state index in [2.05, 4.69) is 0 Å². The van der Waals surface area contributed by atoms with E-state index >= 15 is 0 Å². The number of hydrogen-bond donors (Lipinski definition) is 0. The fourth-order valence-electron chi connectivity index (χ4n) is 0.995. The summed E-state index contributed by atoms with van der Waals surface area (Å²) in [7, 11) is 3.47. The first-order valence-electron chi connectivity index (χ1n) is 4.01. The second kappa shape index (κ2) is 4.28. The van der Waals surface area contributed by atoms with Crippen molar-refractivity contribution in [2.75, 3.05) is 14.1 Å². The monoisotopic (exact) mass is 197 g/mol. The molecule has 0 aromatic heterocycles. The predicted octanol–water partition coefficient (Wildman–Crippen LogP) is 2.13. The Kier molecular flexibility index (Phi) is 3.32. The molecule has 0 spiro atoms. The molecular weight excluding hydrogens is 186 g/mol. The van der Waals surface area contributed by atoms with Crippen LogP contribution in [-0.2, 0) is 5.88 Å². The zero-order valence-corrected chi connectivity index (χ0v) is 8.51. The van der Waals surface area contributed by atoms with Crippen molar-refractivity contribution in [2.24, 2.45) is 0 Å². The lowest BCUT2D eigenvalue weighted by molar-refractivity contribution is 0.0827. The number of halogens is 1. The van der Waals surface area contributed by atoms with Crippen molar-refractivity contribution >= 4 is 17.5 Å². The van der Waals surface area contributed by atoms with Gasteiger partial charge in [-0.25, -0.2) is 0 Å². The minimum atomic E-state index is 0.0149. The number of benzene rings is 1. The Morgan fingerprint density at radius 3 is 2.23 bits per heavy atom.